The SMILES string of the molecule is CCOC(=O)c1c(NC(=O)C(C)Oc2ccc(Cl)cc2Cl)sc(C(=O)OC(C)(C)C)c1C. The Hall–Kier alpha value is -2.29. The van der Waals surface area contributed by atoms with E-state index in [1.807, 2.05) is 0 Å². The highest BCUT2D eigenvalue weighted by Gasteiger charge is 2.30. The maximum absolute atomic E-state index is 12.8. The average molecular weight is 502 g/mol. The molecule has 1 atom stereocenters. The van der Waals surface area contributed by atoms with E-state index in [0.29, 0.717) is 10.6 Å². The van der Waals surface area contributed by atoms with Gasteiger partial charge in [-0.3, -0.25) is 4.79 Å². The molecule has 1 amide bonds. The molecular formula is C22H25Cl2NO6S. The van der Waals surface area contributed by atoms with Crippen LogP contribution < -0.4 is 10.1 Å². The van der Waals surface area contributed by atoms with E-state index < -0.39 is 29.6 Å². The van der Waals surface area contributed by atoms with Crippen molar-refractivity contribution in [3.63, 3.8) is 0 Å². The lowest BCUT2D eigenvalue weighted by atomic mass is 10.1. The Labute approximate surface area is 200 Å². The van der Waals surface area contributed by atoms with Gasteiger partial charge < -0.3 is 19.5 Å². The summed E-state index contributed by atoms with van der Waals surface area (Å²) in [6.45, 7) is 10.2. The predicted octanol–water partition coefficient (Wildman–Crippen LogP) is 5.90. The van der Waals surface area contributed by atoms with Gasteiger partial charge in [0.25, 0.3) is 5.91 Å². The van der Waals surface area contributed by atoms with Crippen LogP contribution >= 0.6 is 34.5 Å². The number of thiophene rings is 1. The van der Waals surface area contributed by atoms with Gasteiger partial charge in [0.2, 0.25) is 0 Å². The highest BCUT2D eigenvalue weighted by atomic mass is 35.5. The zero-order chi connectivity index (χ0) is 24.2. The Kier molecular flexibility index (Phi) is 8.56. The minimum atomic E-state index is -0.962. The summed E-state index contributed by atoms with van der Waals surface area (Å²) in [5.41, 5.74) is -0.253. The molecular weight excluding hydrogens is 477 g/mol. The maximum Gasteiger partial charge on any atom is 0.349 e. The van der Waals surface area contributed by atoms with Crippen LogP contribution in [0.3, 0.4) is 0 Å². The monoisotopic (exact) mass is 501 g/mol. The fourth-order valence-corrected chi connectivity index (χ4v) is 4.13. The molecule has 1 unspecified atom stereocenters. The van der Waals surface area contributed by atoms with Crippen LogP contribution in [0.4, 0.5) is 5.00 Å². The summed E-state index contributed by atoms with van der Waals surface area (Å²) >= 11 is 12.9. The number of esters is 2. The van der Waals surface area contributed by atoms with Gasteiger partial charge in [-0.2, -0.15) is 0 Å². The number of rotatable bonds is 7. The van der Waals surface area contributed by atoms with Gasteiger partial charge in [0.05, 0.1) is 17.2 Å². The molecule has 0 radical (unpaired) electrons. The number of nitrogens with one attached hydrogen (secondary N) is 1. The Balaban J connectivity index is 2.31. The van der Waals surface area contributed by atoms with Crippen molar-refractivity contribution in [3.05, 3.63) is 44.2 Å². The lowest BCUT2D eigenvalue weighted by Crippen LogP contribution is -2.30. The normalized spacial score (nSPS) is 12.1. The molecule has 0 saturated heterocycles. The molecule has 2 rings (SSSR count). The van der Waals surface area contributed by atoms with E-state index in [9.17, 15) is 14.4 Å². The van der Waals surface area contributed by atoms with E-state index in [1.165, 1.54) is 13.0 Å². The number of amides is 1. The van der Waals surface area contributed by atoms with E-state index in [4.69, 9.17) is 37.4 Å². The number of hydrogen-bond donors (Lipinski definition) is 1. The van der Waals surface area contributed by atoms with Crippen molar-refractivity contribution >= 4 is 57.4 Å². The lowest BCUT2D eigenvalue weighted by molar-refractivity contribution is -0.122. The number of carbonyl (C=O) groups excluding carboxylic acids is 3. The molecule has 0 fully saturated rings. The first-order valence-electron chi connectivity index (χ1n) is 9.80. The highest BCUT2D eigenvalue weighted by molar-refractivity contribution is 7.18. The molecule has 0 aliphatic rings. The summed E-state index contributed by atoms with van der Waals surface area (Å²) in [6.07, 6.45) is -0.962. The van der Waals surface area contributed by atoms with E-state index in [0.717, 1.165) is 11.3 Å². The van der Waals surface area contributed by atoms with Crippen LogP contribution in [0.25, 0.3) is 0 Å². The summed E-state index contributed by atoms with van der Waals surface area (Å²) in [5.74, 6) is -1.51. The fraction of sp³-hybridized carbons (Fsp3) is 0.409. The molecule has 0 bridgehead atoms. The van der Waals surface area contributed by atoms with Crippen LogP contribution in [0, 0.1) is 6.92 Å². The van der Waals surface area contributed by atoms with E-state index in [1.54, 1.807) is 46.8 Å². The summed E-state index contributed by atoms with van der Waals surface area (Å²) in [7, 11) is 0. The molecule has 2 aromatic rings. The van der Waals surface area contributed by atoms with Crippen molar-refractivity contribution in [2.45, 2.75) is 53.2 Å². The zero-order valence-corrected chi connectivity index (χ0v) is 21.0. The second kappa shape index (κ2) is 10.6. The highest BCUT2D eigenvalue weighted by Crippen LogP contribution is 2.35. The third kappa shape index (κ3) is 6.60. The number of benzene rings is 1. The molecule has 0 aliphatic heterocycles. The van der Waals surface area contributed by atoms with Crippen molar-refractivity contribution in [1.82, 2.24) is 0 Å². The summed E-state index contributed by atoms with van der Waals surface area (Å²) in [6, 6.07) is 4.63. The molecule has 174 valence electrons. The molecule has 32 heavy (non-hydrogen) atoms. The molecule has 1 aromatic carbocycles. The number of halogens is 2. The van der Waals surface area contributed by atoms with Crippen LogP contribution in [0.2, 0.25) is 10.0 Å². The average Bonchev–Trinajstić information content (AvgIpc) is 2.98. The first-order chi connectivity index (χ1) is 14.8. The van der Waals surface area contributed by atoms with Crippen molar-refractivity contribution in [2.75, 3.05) is 11.9 Å². The van der Waals surface area contributed by atoms with Gasteiger partial charge in [-0.15, -0.1) is 11.3 Å². The number of ether oxygens (including phenoxy) is 3. The van der Waals surface area contributed by atoms with Crippen molar-refractivity contribution in [2.24, 2.45) is 0 Å². The quantitative estimate of drug-likeness (QED) is 0.474. The Morgan fingerprint density at radius 2 is 1.81 bits per heavy atom. The van der Waals surface area contributed by atoms with E-state index >= 15 is 0 Å². The topological polar surface area (TPSA) is 90.9 Å². The Morgan fingerprint density at radius 1 is 1.16 bits per heavy atom. The van der Waals surface area contributed by atoms with Gasteiger partial charge in [0.15, 0.2) is 6.10 Å². The first-order valence-corrected chi connectivity index (χ1v) is 11.4. The first kappa shape index (κ1) is 26.0. The molecule has 1 N–H and O–H groups in total. The minimum Gasteiger partial charge on any atom is -0.479 e. The van der Waals surface area contributed by atoms with Crippen molar-refractivity contribution < 1.29 is 28.6 Å². The third-order valence-electron chi connectivity index (χ3n) is 4.01. The van der Waals surface area contributed by atoms with E-state index in [-0.39, 0.29) is 32.8 Å². The largest absolute Gasteiger partial charge is 0.479 e. The standard InChI is InChI=1S/C22H25Cl2NO6S/c1-7-29-20(27)16-11(2)17(21(28)31-22(4,5)6)32-19(16)25-18(26)12(3)30-15-9-8-13(23)10-14(15)24/h8-10,12H,7H2,1-6H3,(H,25,26). The van der Waals surface area contributed by atoms with Gasteiger partial charge in [-0.05, 0) is 65.3 Å². The second-order valence-electron chi connectivity index (χ2n) is 7.81. The smallest absolute Gasteiger partial charge is 0.349 e. The number of anilines is 1. The van der Waals surface area contributed by atoms with Crippen LogP contribution in [0.5, 0.6) is 5.75 Å². The van der Waals surface area contributed by atoms with Crippen LogP contribution in [-0.2, 0) is 14.3 Å². The third-order valence-corrected chi connectivity index (χ3v) is 5.73. The molecule has 10 heteroatoms. The van der Waals surface area contributed by atoms with Crippen molar-refractivity contribution in [3.8, 4) is 5.75 Å². The van der Waals surface area contributed by atoms with Gasteiger partial charge in [-0.1, -0.05) is 23.2 Å². The summed E-state index contributed by atoms with van der Waals surface area (Å²) in [4.78, 5) is 38.2. The number of hydrogen-bond acceptors (Lipinski definition) is 7. The fourth-order valence-electron chi connectivity index (χ4n) is 2.60. The molecule has 0 saturated carbocycles. The summed E-state index contributed by atoms with van der Waals surface area (Å²) < 4.78 is 16.2. The Morgan fingerprint density at radius 3 is 2.38 bits per heavy atom. The molecule has 7 nitrogen and oxygen atoms in total. The van der Waals surface area contributed by atoms with Gasteiger partial charge in [0, 0.05) is 5.02 Å². The van der Waals surface area contributed by atoms with Crippen LogP contribution in [-0.4, -0.2) is 36.2 Å². The minimum absolute atomic E-state index is 0.0998. The summed E-state index contributed by atoms with van der Waals surface area (Å²) in [5, 5.41) is 3.51. The molecule has 0 aliphatic carbocycles. The van der Waals surface area contributed by atoms with Gasteiger partial charge in [-0.25, -0.2) is 9.59 Å². The molecule has 1 heterocycles. The second-order valence-corrected chi connectivity index (χ2v) is 9.67. The van der Waals surface area contributed by atoms with Crippen LogP contribution in [0.15, 0.2) is 18.2 Å². The van der Waals surface area contributed by atoms with E-state index in [2.05, 4.69) is 5.32 Å². The van der Waals surface area contributed by atoms with Gasteiger partial charge in [0.1, 0.15) is 21.2 Å². The predicted molar refractivity (Wildman–Crippen MR) is 125 cm³/mol. The lowest BCUT2D eigenvalue weighted by Gasteiger charge is -2.19. The molecule has 0 spiro atoms. The zero-order valence-electron chi connectivity index (χ0n) is 18.6. The Bertz CT molecular complexity index is 1030. The van der Waals surface area contributed by atoms with Crippen molar-refractivity contribution in [1.29, 1.82) is 0 Å². The number of carbonyl (C=O) groups is 3. The molecule has 1 aromatic heterocycles. The van der Waals surface area contributed by atoms with Crippen LogP contribution in [0.1, 0.15) is 60.2 Å². The maximum atomic E-state index is 12.8. The van der Waals surface area contributed by atoms with Gasteiger partial charge >= 0.3 is 11.9 Å².